The number of rotatable bonds is 4. The molecule has 0 bridgehead atoms. The number of benzene rings is 2. The Bertz CT molecular complexity index is 924. The van der Waals surface area contributed by atoms with Crippen molar-refractivity contribution in [1.82, 2.24) is 0 Å². The summed E-state index contributed by atoms with van der Waals surface area (Å²) in [7, 11) is 2.80. The van der Waals surface area contributed by atoms with E-state index in [0.29, 0.717) is 21.9 Å². The molecule has 0 N–H and O–H groups in total. The number of hydrogen-bond donors (Lipinski definition) is 0. The Morgan fingerprint density at radius 3 is 2.62 bits per heavy atom. The molecule has 0 aliphatic heterocycles. The number of esters is 1. The van der Waals surface area contributed by atoms with Gasteiger partial charge in [-0.05, 0) is 18.2 Å². The van der Waals surface area contributed by atoms with Crippen LogP contribution in [0.3, 0.4) is 0 Å². The van der Waals surface area contributed by atoms with E-state index >= 15 is 0 Å². The van der Waals surface area contributed by atoms with Crippen LogP contribution in [-0.2, 0) is 14.3 Å². The number of halogens is 1. The van der Waals surface area contributed by atoms with E-state index in [0.717, 1.165) is 10.9 Å². The van der Waals surface area contributed by atoms with Crippen LogP contribution in [0.25, 0.3) is 27.9 Å². The van der Waals surface area contributed by atoms with Crippen molar-refractivity contribution >= 4 is 34.1 Å². The highest BCUT2D eigenvalue weighted by atomic mass is 35.5. The first-order valence-electron chi connectivity index (χ1n) is 7.25. The van der Waals surface area contributed by atoms with Crippen LogP contribution in [0.5, 0.6) is 0 Å². The SMILES string of the molecule is CO/C=C(/C(=O)OC)c1cccc2cc(-c3ccccc3Cl)oc12. The zero-order chi connectivity index (χ0) is 17.1. The zero-order valence-electron chi connectivity index (χ0n) is 13.2. The van der Waals surface area contributed by atoms with Crippen molar-refractivity contribution in [3.8, 4) is 11.3 Å². The maximum absolute atomic E-state index is 12.0. The second kappa shape index (κ2) is 6.81. The molecule has 0 aliphatic carbocycles. The highest BCUT2D eigenvalue weighted by Crippen LogP contribution is 2.35. The van der Waals surface area contributed by atoms with Gasteiger partial charge >= 0.3 is 5.97 Å². The fraction of sp³-hybridized carbons (Fsp3) is 0.105. The number of carbonyl (C=O) groups is 1. The number of methoxy groups -OCH3 is 2. The second-order valence-electron chi connectivity index (χ2n) is 5.07. The summed E-state index contributed by atoms with van der Waals surface area (Å²) in [6, 6.07) is 14.9. The lowest BCUT2D eigenvalue weighted by molar-refractivity contribution is -0.133. The molecule has 24 heavy (non-hydrogen) atoms. The van der Waals surface area contributed by atoms with Gasteiger partial charge in [-0.15, -0.1) is 0 Å². The van der Waals surface area contributed by atoms with E-state index in [1.807, 2.05) is 36.4 Å². The molecule has 0 fully saturated rings. The molecule has 0 radical (unpaired) electrons. The third-order valence-corrected chi connectivity index (χ3v) is 3.94. The summed E-state index contributed by atoms with van der Waals surface area (Å²) in [5.41, 5.74) is 2.24. The monoisotopic (exact) mass is 342 g/mol. The van der Waals surface area contributed by atoms with E-state index in [1.54, 1.807) is 12.1 Å². The fourth-order valence-electron chi connectivity index (χ4n) is 2.52. The largest absolute Gasteiger partial charge is 0.503 e. The van der Waals surface area contributed by atoms with Gasteiger partial charge in [-0.25, -0.2) is 4.79 Å². The number of para-hydroxylation sites is 1. The molecule has 1 heterocycles. The first kappa shape index (κ1) is 16.1. The molecule has 0 aliphatic rings. The average molecular weight is 343 g/mol. The van der Waals surface area contributed by atoms with Crippen LogP contribution >= 0.6 is 11.6 Å². The lowest BCUT2D eigenvalue weighted by atomic mass is 10.0. The van der Waals surface area contributed by atoms with Gasteiger partial charge in [0.15, 0.2) is 0 Å². The third kappa shape index (κ3) is 2.88. The summed E-state index contributed by atoms with van der Waals surface area (Å²) in [6.07, 6.45) is 1.35. The minimum absolute atomic E-state index is 0.283. The third-order valence-electron chi connectivity index (χ3n) is 3.61. The Morgan fingerprint density at radius 1 is 1.12 bits per heavy atom. The number of ether oxygens (including phenoxy) is 2. The van der Waals surface area contributed by atoms with E-state index in [-0.39, 0.29) is 5.57 Å². The van der Waals surface area contributed by atoms with E-state index in [2.05, 4.69) is 0 Å². The first-order chi connectivity index (χ1) is 11.7. The van der Waals surface area contributed by atoms with Crippen molar-refractivity contribution in [2.75, 3.05) is 14.2 Å². The van der Waals surface area contributed by atoms with Gasteiger partial charge in [0.05, 0.1) is 25.5 Å². The second-order valence-corrected chi connectivity index (χ2v) is 5.48. The molecule has 2 aromatic carbocycles. The van der Waals surface area contributed by atoms with Crippen LogP contribution in [0.1, 0.15) is 5.56 Å². The lowest BCUT2D eigenvalue weighted by Gasteiger charge is -2.06. The Morgan fingerprint density at radius 2 is 1.92 bits per heavy atom. The number of fused-ring (bicyclic) bond motifs is 1. The van der Waals surface area contributed by atoms with Crippen molar-refractivity contribution in [2.24, 2.45) is 0 Å². The molecular weight excluding hydrogens is 328 g/mol. The number of furan rings is 1. The summed E-state index contributed by atoms with van der Waals surface area (Å²) >= 11 is 6.25. The summed E-state index contributed by atoms with van der Waals surface area (Å²) in [6.45, 7) is 0. The Hall–Kier alpha value is -2.72. The molecule has 4 nitrogen and oxygen atoms in total. The maximum atomic E-state index is 12.0. The quantitative estimate of drug-likeness (QED) is 0.384. The van der Waals surface area contributed by atoms with Crippen molar-refractivity contribution in [1.29, 1.82) is 0 Å². The predicted octanol–water partition coefficient (Wildman–Crippen LogP) is 4.91. The fourth-order valence-corrected chi connectivity index (χ4v) is 2.75. The van der Waals surface area contributed by atoms with E-state index < -0.39 is 5.97 Å². The van der Waals surface area contributed by atoms with Gasteiger partial charge < -0.3 is 13.9 Å². The van der Waals surface area contributed by atoms with Crippen molar-refractivity contribution in [3.05, 3.63) is 65.4 Å². The van der Waals surface area contributed by atoms with Gasteiger partial charge in [0.1, 0.15) is 16.9 Å². The van der Waals surface area contributed by atoms with Crippen molar-refractivity contribution in [3.63, 3.8) is 0 Å². The highest BCUT2D eigenvalue weighted by Gasteiger charge is 2.19. The highest BCUT2D eigenvalue weighted by molar-refractivity contribution is 6.33. The molecule has 122 valence electrons. The van der Waals surface area contributed by atoms with Gasteiger partial charge in [-0.3, -0.25) is 0 Å². The molecule has 3 aromatic rings. The van der Waals surface area contributed by atoms with Gasteiger partial charge in [-0.2, -0.15) is 0 Å². The number of carbonyl (C=O) groups excluding carboxylic acids is 1. The average Bonchev–Trinajstić information content (AvgIpc) is 3.03. The van der Waals surface area contributed by atoms with E-state index in [1.165, 1.54) is 20.5 Å². The normalized spacial score (nSPS) is 11.5. The molecular formula is C19H15ClO4. The minimum atomic E-state index is -0.500. The van der Waals surface area contributed by atoms with Crippen LogP contribution in [0, 0.1) is 0 Å². The number of hydrogen-bond acceptors (Lipinski definition) is 4. The summed E-state index contributed by atoms with van der Waals surface area (Å²) in [5, 5.41) is 1.45. The summed E-state index contributed by atoms with van der Waals surface area (Å²) in [5.74, 6) is 0.129. The molecule has 5 heteroatoms. The Balaban J connectivity index is 2.20. The van der Waals surface area contributed by atoms with Crippen LogP contribution in [0.15, 0.2) is 59.2 Å². The van der Waals surface area contributed by atoms with E-state index in [9.17, 15) is 4.79 Å². The minimum Gasteiger partial charge on any atom is -0.503 e. The smallest absolute Gasteiger partial charge is 0.341 e. The van der Waals surface area contributed by atoms with Gasteiger partial charge in [0.2, 0.25) is 0 Å². The Labute approximate surface area is 144 Å². The summed E-state index contributed by atoms with van der Waals surface area (Å²) < 4.78 is 15.8. The molecule has 0 atom stereocenters. The first-order valence-corrected chi connectivity index (χ1v) is 7.62. The Kier molecular flexibility index (Phi) is 4.58. The van der Waals surface area contributed by atoms with Crippen molar-refractivity contribution < 1.29 is 18.7 Å². The molecule has 0 spiro atoms. The van der Waals surface area contributed by atoms with Crippen LogP contribution in [0.2, 0.25) is 5.02 Å². The lowest BCUT2D eigenvalue weighted by Crippen LogP contribution is -2.04. The van der Waals surface area contributed by atoms with Crippen LogP contribution in [0.4, 0.5) is 0 Å². The van der Waals surface area contributed by atoms with Gasteiger partial charge in [0, 0.05) is 16.5 Å². The molecule has 0 unspecified atom stereocenters. The standard InChI is InChI=1S/C19H15ClO4/c1-22-11-15(19(21)23-2)13-8-5-6-12-10-17(24-18(12)13)14-7-3-4-9-16(14)20/h3-11H,1-2H3/b15-11+. The topological polar surface area (TPSA) is 48.7 Å². The van der Waals surface area contributed by atoms with E-state index in [4.69, 9.17) is 25.5 Å². The maximum Gasteiger partial charge on any atom is 0.341 e. The molecule has 1 aromatic heterocycles. The molecule has 0 saturated heterocycles. The predicted molar refractivity (Wildman–Crippen MR) is 93.7 cm³/mol. The van der Waals surface area contributed by atoms with Gasteiger partial charge in [-0.1, -0.05) is 41.9 Å². The summed E-state index contributed by atoms with van der Waals surface area (Å²) in [4.78, 5) is 12.0. The van der Waals surface area contributed by atoms with Gasteiger partial charge in [0.25, 0.3) is 0 Å². The zero-order valence-corrected chi connectivity index (χ0v) is 14.0. The van der Waals surface area contributed by atoms with Crippen LogP contribution in [-0.4, -0.2) is 20.2 Å². The molecule has 0 amide bonds. The molecule has 0 saturated carbocycles. The van der Waals surface area contributed by atoms with Crippen LogP contribution < -0.4 is 0 Å². The van der Waals surface area contributed by atoms with Crippen molar-refractivity contribution in [2.45, 2.75) is 0 Å². The molecule has 3 rings (SSSR count).